The van der Waals surface area contributed by atoms with Crippen LogP contribution >= 0.6 is 0 Å². The predicted octanol–water partition coefficient (Wildman–Crippen LogP) is 4.14. The maximum Gasteiger partial charge on any atom is 0.416 e. The van der Waals surface area contributed by atoms with E-state index in [4.69, 9.17) is 0 Å². The van der Waals surface area contributed by atoms with Crippen molar-refractivity contribution in [2.75, 3.05) is 5.32 Å². The van der Waals surface area contributed by atoms with E-state index in [9.17, 15) is 18.0 Å². The molecule has 1 saturated carbocycles. The van der Waals surface area contributed by atoms with Crippen LogP contribution in [0.5, 0.6) is 0 Å². The summed E-state index contributed by atoms with van der Waals surface area (Å²) in [6, 6.07) is 4.93. The minimum absolute atomic E-state index is 0.0747. The third kappa shape index (κ3) is 3.59. The molecule has 0 aromatic heterocycles. The van der Waals surface area contributed by atoms with E-state index in [-0.39, 0.29) is 5.78 Å². The smallest absolute Gasteiger partial charge is 0.361 e. The highest BCUT2D eigenvalue weighted by Gasteiger charge is 2.30. The molecule has 1 aromatic rings. The molecule has 0 unspecified atom stereocenters. The van der Waals surface area contributed by atoms with Gasteiger partial charge in [-0.05, 0) is 37.5 Å². The van der Waals surface area contributed by atoms with Crippen molar-refractivity contribution in [1.82, 2.24) is 0 Å². The van der Waals surface area contributed by atoms with Gasteiger partial charge in [0.05, 0.1) is 5.56 Å². The van der Waals surface area contributed by atoms with Gasteiger partial charge in [-0.25, -0.2) is 0 Å². The molecule has 0 amide bonds. The first-order valence-corrected chi connectivity index (χ1v) is 6.13. The number of nitrogens with one attached hydrogen (secondary N) is 1. The van der Waals surface area contributed by atoms with Gasteiger partial charge >= 0.3 is 6.18 Å². The number of halogens is 3. The number of hydrogen-bond acceptors (Lipinski definition) is 2. The molecule has 5 heteroatoms. The van der Waals surface area contributed by atoms with Crippen molar-refractivity contribution in [2.24, 2.45) is 0 Å². The number of hydrogen-bond donors (Lipinski definition) is 1. The minimum atomic E-state index is -4.36. The van der Waals surface area contributed by atoms with Gasteiger partial charge in [0.1, 0.15) is 0 Å². The molecule has 1 aliphatic rings. The van der Waals surface area contributed by atoms with Crippen LogP contribution in [0.25, 0.3) is 0 Å². The van der Waals surface area contributed by atoms with E-state index in [1.54, 1.807) is 6.07 Å². The fourth-order valence-electron chi connectivity index (χ4n) is 2.01. The first-order valence-electron chi connectivity index (χ1n) is 6.13. The molecule has 0 aliphatic heterocycles. The number of rotatable bonds is 2. The van der Waals surface area contributed by atoms with Crippen molar-refractivity contribution in [3.63, 3.8) is 0 Å². The summed E-state index contributed by atoms with van der Waals surface area (Å²) in [5.41, 5.74) is 0.287. The highest BCUT2D eigenvalue weighted by Crippen LogP contribution is 2.30. The van der Waals surface area contributed by atoms with Crippen LogP contribution in [-0.2, 0) is 11.0 Å². The van der Waals surface area contributed by atoms with Crippen molar-refractivity contribution in [3.05, 3.63) is 41.6 Å². The molecule has 1 aromatic carbocycles. The number of carbonyl (C=O) groups excluding carboxylic acids is 1. The Kier molecular flexibility index (Phi) is 3.93. The summed E-state index contributed by atoms with van der Waals surface area (Å²) in [6.07, 6.45) is 0.213. The van der Waals surface area contributed by atoms with E-state index in [0.29, 0.717) is 24.1 Å². The maximum atomic E-state index is 12.5. The van der Waals surface area contributed by atoms with E-state index < -0.39 is 11.7 Å². The Bertz CT molecular complexity index is 506. The number of allylic oxidation sites excluding steroid dienone is 1. The SMILES string of the molecule is O=C1CCCCC1=CNc1cccc(C(F)(F)F)c1. The summed E-state index contributed by atoms with van der Waals surface area (Å²) in [7, 11) is 0. The zero-order valence-corrected chi connectivity index (χ0v) is 10.3. The monoisotopic (exact) mass is 269 g/mol. The molecule has 0 bridgehead atoms. The van der Waals surface area contributed by atoms with Gasteiger partial charge in [0, 0.05) is 23.9 Å². The number of alkyl halides is 3. The van der Waals surface area contributed by atoms with Crippen LogP contribution in [0.15, 0.2) is 36.0 Å². The van der Waals surface area contributed by atoms with Crippen molar-refractivity contribution in [3.8, 4) is 0 Å². The highest BCUT2D eigenvalue weighted by molar-refractivity contribution is 5.96. The van der Waals surface area contributed by atoms with E-state index in [1.165, 1.54) is 12.3 Å². The third-order valence-corrected chi connectivity index (χ3v) is 3.06. The number of ketones is 1. The molecule has 0 spiro atoms. The van der Waals surface area contributed by atoms with E-state index in [2.05, 4.69) is 5.32 Å². The summed E-state index contributed by atoms with van der Waals surface area (Å²) >= 11 is 0. The fraction of sp³-hybridized carbons (Fsp3) is 0.357. The first kappa shape index (κ1) is 13.6. The van der Waals surface area contributed by atoms with Gasteiger partial charge in [0.25, 0.3) is 0 Å². The van der Waals surface area contributed by atoms with Gasteiger partial charge in [-0.1, -0.05) is 6.07 Å². The zero-order chi connectivity index (χ0) is 13.9. The van der Waals surface area contributed by atoms with Gasteiger partial charge in [-0.15, -0.1) is 0 Å². The average molecular weight is 269 g/mol. The zero-order valence-electron chi connectivity index (χ0n) is 10.3. The second-order valence-electron chi connectivity index (χ2n) is 4.52. The number of benzene rings is 1. The molecular weight excluding hydrogens is 255 g/mol. The van der Waals surface area contributed by atoms with Gasteiger partial charge in [-0.3, -0.25) is 4.79 Å². The Morgan fingerprint density at radius 2 is 1.89 bits per heavy atom. The summed E-state index contributed by atoms with van der Waals surface area (Å²) < 4.78 is 37.6. The summed E-state index contributed by atoms with van der Waals surface area (Å²) in [5.74, 6) is 0.0747. The Morgan fingerprint density at radius 1 is 1.16 bits per heavy atom. The predicted molar refractivity (Wildman–Crippen MR) is 66.6 cm³/mol. The normalized spacial score (nSPS) is 18.7. The van der Waals surface area contributed by atoms with Crippen LogP contribution < -0.4 is 5.32 Å². The number of Topliss-reactive ketones (excluding diaryl/α,β-unsaturated/α-hetero) is 1. The van der Waals surface area contributed by atoms with Crippen LogP contribution in [0, 0.1) is 0 Å². The van der Waals surface area contributed by atoms with Crippen molar-refractivity contribution >= 4 is 11.5 Å². The molecule has 1 aliphatic carbocycles. The molecule has 2 rings (SSSR count). The molecule has 19 heavy (non-hydrogen) atoms. The Labute approximate surface area is 109 Å². The van der Waals surface area contributed by atoms with Gasteiger partial charge in [0.15, 0.2) is 5.78 Å². The molecular formula is C14H14F3NO. The van der Waals surface area contributed by atoms with Crippen LogP contribution in [0.4, 0.5) is 18.9 Å². The topological polar surface area (TPSA) is 29.1 Å². The van der Waals surface area contributed by atoms with Gasteiger partial charge in [0.2, 0.25) is 0 Å². The van der Waals surface area contributed by atoms with Crippen LogP contribution in [0.2, 0.25) is 0 Å². The number of carbonyl (C=O) groups is 1. The molecule has 1 fully saturated rings. The molecule has 0 saturated heterocycles. The molecule has 102 valence electrons. The lowest BCUT2D eigenvalue weighted by Gasteiger charge is -2.13. The van der Waals surface area contributed by atoms with Crippen molar-refractivity contribution in [2.45, 2.75) is 31.9 Å². The van der Waals surface area contributed by atoms with E-state index in [1.807, 2.05) is 0 Å². The molecule has 2 nitrogen and oxygen atoms in total. The summed E-state index contributed by atoms with van der Waals surface area (Å²) in [6.45, 7) is 0. The van der Waals surface area contributed by atoms with E-state index in [0.717, 1.165) is 25.0 Å². The quantitative estimate of drug-likeness (QED) is 0.817. The van der Waals surface area contributed by atoms with Gasteiger partial charge in [-0.2, -0.15) is 13.2 Å². The Hall–Kier alpha value is -1.78. The lowest BCUT2D eigenvalue weighted by molar-refractivity contribution is -0.137. The van der Waals surface area contributed by atoms with Gasteiger partial charge < -0.3 is 5.32 Å². The largest absolute Gasteiger partial charge is 0.416 e. The van der Waals surface area contributed by atoms with Crippen molar-refractivity contribution in [1.29, 1.82) is 0 Å². The Morgan fingerprint density at radius 3 is 2.58 bits per heavy atom. The first-order chi connectivity index (χ1) is 8.97. The molecule has 0 heterocycles. The van der Waals surface area contributed by atoms with Crippen molar-refractivity contribution < 1.29 is 18.0 Å². The number of anilines is 1. The molecule has 0 atom stereocenters. The van der Waals surface area contributed by atoms with Crippen LogP contribution in [0.3, 0.4) is 0 Å². The third-order valence-electron chi connectivity index (χ3n) is 3.06. The minimum Gasteiger partial charge on any atom is -0.361 e. The molecule has 0 radical (unpaired) electrons. The highest BCUT2D eigenvalue weighted by atomic mass is 19.4. The lowest BCUT2D eigenvalue weighted by Crippen LogP contribution is -2.10. The van der Waals surface area contributed by atoms with E-state index >= 15 is 0 Å². The Balaban J connectivity index is 2.11. The summed E-state index contributed by atoms with van der Waals surface area (Å²) in [4.78, 5) is 11.6. The van der Waals surface area contributed by atoms with Crippen LogP contribution in [0.1, 0.15) is 31.2 Å². The molecule has 1 N–H and O–H groups in total. The van der Waals surface area contributed by atoms with Crippen LogP contribution in [-0.4, -0.2) is 5.78 Å². The second kappa shape index (κ2) is 5.47. The lowest BCUT2D eigenvalue weighted by atomic mass is 9.94. The maximum absolute atomic E-state index is 12.5. The average Bonchev–Trinajstić information content (AvgIpc) is 2.37. The second-order valence-corrected chi connectivity index (χ2v) is 4.52. The standard InChI is InChI=1S/C14H14F3NO/c15-14(16,17)11-5-3-6-12(8-11)18-9-10-4-1-2-7-13(10)19/h3,5-6,8-9,18H,1-2,4,7H2. The summed E-state index contributed by atoms with van der Waals surface area (Å²) in [5, 5.41) is 2.77. The fourth-order valence-corrected chi connectivity index (χ4v) is 2.01.